The Hall–Kier alpha value is -4.63. The molecule has 6 nitrogen and oxygen atoms in total. The van der Waals surface area contributed by atoms with Crippen molar-refractivity contribution in [3.63, 3.8) is 0 Å². The van der Waals surface area contributed by atoms with Crippen LogP contribution in [-0.2, 0) is 0 Å². The number of nitrogens with zero attached hydrogens (tertiary/aromatic N) is 5. The summed E-state index contributed by atoms with van der Waals surface area (Å²) in [5, 5.41) is 18.9. The maximum atomic E-state index is 14.6. The minimum atomic E-state index is -1.91. The topological polar surface area (TPSA) is 103 Å². The zero-order chi connectivity index (χ0) is 21.9. The van der Waals surface area contributed by atoms with Crippen molar-refractivity contribution in [3.05, 3.63) is 87.8 Å². The average Bonchev–Trinajstić information content (AvgIpc) is 3.25. The molecule has 0 unspecified atom stereocenters. The minimum Gasteiger partial charge on any atom is -0.288 e. The number of hydrogen-bond acceptors (Lipinski definition) is 6. The van der Waals surface area contributed by atoms with Gasteiger partial charge in [-0.25, -0.2) is 9.37 Å². The van der Waals surface area contributed by atoms with E-state index >= 15 is 0 Å². The molecule has 0 atom stereocenters. The Labute approximate surface area is 172 Å². The van der Waals surface area contributed by atoms with Gasteiger partial charge in [-0.2, -0.15) is 19.3 Å². The van der Waals surface area contributed by atoms with Gasteiger partial charge in [-0.1, -0.05) is 12.1 Å². The Balaban J connectivity index is 2.00. The van der Waals surface area contributed by atoms with Crippen LogP contribution in [0.15, 0.2) is 47.8 Å². The molecule has 2 aliphatic rings. The standard InChI is InChI=1S/C22H6F3N5O/c23-16-15-20(30-22(25)17(16)24)12(9(7-26)8-27)14(21(15)31)13-10-3-1-5-28-18(10)19-11(13)4-2-6-29-19/h1-6H. The lowest BCUT2D eigenvalue weighted by molar-refractivity contribution is 0.103. The first-order valence-corrected chi connectivity index (χ1v) is 8.79. The van der Waals surface area contributed by atoms with Gasteiger partial charge in [-0.15, -0.1) is 0 Å². The number of pyridine rings is 3. The number of carbonyl (C=O) groups is 1. The van der Waals surface area contributed by atoms with E-state index in [1.807, 2.05) is 0 Å². The molecular weight excluding hydrogens is 407 g/mol. The maximum absolute atomic E-state index is 14.6. The van der Waals surface area contributed by atoms with Gasteiger partial charge in [0.15, 0.2) is 11.6 Å². The molecule has 3 aromatic heterocycles. The van der Waals surface area contributed by atoms with Crippen LogP contribution in [-0.4, -0.2) is 20.7 Å². The van der Waals surface area contributed by atoms with Gasteiger partial charge in [0, 0.05) is 40.2 Å². The van der Waals surface area contributed by atoms with E-state index in [9.17, 15) is 28.5 Å². The second-order valence-electron chi connectivity index (χ2n) is 6.61. The molecular formula is C22H6F3N5O. The van der Waals surface area contributed by atoms with E-state index in [2.05, 4.69) is 15.0 Å². The van der Waals surface area contributed by atoms with Gasteiger partial charge in [0.05, 0.1) is 22.6 Å². The predicted molar refractivity (Wildman–Crippen MR) is 100 cm³/mol. The Morgan fingerprint density at radius 3 is 1.97 bits per heavy atom. The second-order valence-corrected chi connectivity index (χ2v) is 6.61. The van der Waals surface area contributed by atoms with Crippen LogP contribution in [0.1, 0.15) is 27.2 Å². The molecule has 0 aliphatic heterocycles. The fraction of sp³-hybridized carbons (Fsp3) is 0. The van der Waals surface area contributed by atoms with E-state index in [4.69, 9.17) is 0 Å². The lowest BCUT2D eigenvalue weighted by Crippen LogP contribution is -2.06. The lowest BCUT2D eigenvalue weighted by atomic mass is 9.92. The van der Waals surface area contributed by atoms with Crippen molar-refractivity contribution in [1.29, 1.82) is 10.5 Å². The van der Waals surface area contributed by atoms with E-state index in [0.717, 1.165) is 0 Å². The number of carbonyl (C=O) groups excluding carboxylic acids is 1. The SMILES string of the molecule is N#CC(C#N)=C1C(=C2c3cccnc3-c3ncccc32)C(=O)c2c1nc(F)c(F)c2F. The van der Waals surface area contributed by atoms with Gasteiger partial charge in [0.1, 0.15) is 17.7 Å². The van der Waals surface area contributed by atoms with Crippen molar-refractivity contribution in [2.75, 3.05) is 0 Å². The molecule has 0 N–H and O–H groups in total. The molecule has 0 spiro atoms. The van der Waals surface area contributed by atoms with Crippen LogP contribution in [0.5, 0.6) is 0 Å². The van der Waals surface area contributed by atoms with Crippen molar-refractivity contribution in [1.82, 2.24) is 15.0 Å². The van der Waals surface area contributed by atoms with Crippen LogP contribution in [0.3, 0.4) is 0 Å². The van der Waals surface area contributed by atoms with Gasteiger partial charge in [0.25, 0.3) is 5.95 Å². The number of ketones is 1. The van der Waals surface area contributed by atoms with Gasteiger partial charge in [0.2, 0.25) is 5.82 Å². The number of halogens is 3. The molecule has 3 heterocycles. The molecule has 5 rings (SSSR count). The molecule has 0 radical (unpaired) electrons. The largest absolute Gasteiger partial charge is 0.288 e. The molecule has 2 aliphatic carbocycles. The summed E-state index contributed by atoms with van der Waals surface area (Å²) >= 11 is 0. The normalized spacial score (nSPS) is 13.5. The lowest BCUT2D eigenvalue weighted by Gasteiger charge is -2.08. The summed E-state index contributed by atoms with van der Waals surface area (Å²) in [5.41, 5.74) is -0.637. The van der Waals surface area contributed by atoms with Crippen molar-refractivity contribution < 1.29 is 18.0 Å². The Morgan fingerprint density at radius 2 is 1.42 bits per heavy atom. The molecule has 3 aromatic rings. The number of fused-ring (bicyclic) bond motifs is 4. The number of aromatic nitrogens is 3. The number of rotatable bonds is 0. The van der Waals surface area contributed by atoms with E-state index in [1.165, 1.54) is 12.4 Å². The minimum absolute atomic E-state index is 0.229. The quantitative estimate of drug-likeness (QED) is 0.247. The Morgan fingerprint density at radius 1 is 0.839 bits per heavy atom. The van der Waals surface area contributed by atoms with E-state index in [1.54, 1.807) is 36.4 Å². The smallest absolute Gasteiger partial charge is 0.252 e. The monoisotopic (exact) mass is 413 g/mol. The number of hydrogen-bond donors (Lipinski definition) is 0. The van der Waals surface area contributed by atoms with Crippen LogP contribution in [0.25, 0.3) is 22.5 Å². The van der Waals surface area contributed by atoms with E-state index in [-0.39, 0.29) is 16.7 Å². The molecule has 0 saturated heterocycles. The van der Waals surface area contributed by atoms with Crippen LogP contribution in [0.4, 0.5) is 13.2 Å². The van der Waals surface area contributed by atoms with Gasteiger partial charge in [-0.3, -0.25) is 14.8 Å². The second kappa shape index (κ2) is 6.44. The van der Waals surface area contributed by atoms with Crippen LogP contribution >= 0.6 is 0 Å². The van der Waals surface area contributed by atoms with Gasteiger partial charge < -0.3 is 0 Å². The summed E-state index contributed by atoms with van der Waals surface area (Å²) in [5.74, 6) is -6.44. The first kappa shape index (κ1) is 18.4. The van der Waals surface area contributed by atoms with Crippen molar-refractivity contribution in [2.24, 2.45) is 0 Å². The van der Waals surface area contributed by atoms with Crippen LogP contribution in [0.2, 0.25) is 0 Å². The predicted octanol–water partition coefficient (Wildman–Crippen LogP) is 3.77. The first-order valence-electron chi connectivity index (χ1n) is 8.79. The molecule has 31 heavy (non-hydrogen) atoms. The molecule has 0 bridgehead atoms. The third kappa shape index (κ3) is 2.31. The molecule has 0 amide bonds. The first-order chi connectivity index (χ1) is 15.0. The molecule has 9 heteroatoms. The fourth-order valence-corrected chi connectivity index (χ4v) is 3.88. The third-order valence-electron chi connectivity index (χ3n) is 5.08. The zero-order valence-corrected chi connectivity index (χ0v) is 15.2. The summed E-state index contributed by atoms with van der Waals surface area (Å²) < 4.78 is 42.4. The summed E-state index contributed by atoms with van der Waals surface area (Å²) in [6.45, 7) is 0. The van der Waals surface area contributed by atoms with Gasteiger partial charge >= 0.3 is 0 Å². The molecule has 0 aromatic carbocycles. The zero-order valence-electron chi connectivity index (χ0n) is 15.2. The van der Waals surface area contributed by atoms with E-state index in [0.29, 0.717) is 22.5 Å². The highest BCUT2D eigenvalue weighted by molar-refractivity contribution is 6.32. The van der Waals surface area contributed by atoms with Crippen molar-refractivity contribution in [2.45, 2.75) is 0 Å². The Bertz CT molecular complexity index is 1450. The Kier molecular flexibility index (Phi) is 3.82. The number of Topliss-reactive ketones (excluding diaryl/α,β-unsaturated/α-hetero) is 1. The highest BCUT2D eigenvalue weighted by Gasteiger charge is 2.43. The summed E-state index contributed by atoms with van der Waals surface area (Å²) in [4.78, 5) is 25.3. The van der Waals surface area contributed by atoms with Gasteiger partial charge in [-0.05, 0) is 12.1 Å². The summed E-state index contributed by atoms with van der Waals surface area (Å²) in [7, 11) is 0. The summed E-state index contributed by atoms with van der Waals surface area (Å²) in [6.07, 6.45) is 3.05. The molecule has 0 saturated carbocycles. The van der Waals surface area contributed by atoms with Crippen molar-refractivity contribution in [3.8, 4) is 23.5 Å². The number of nitriles is 2. The summed E-state index contributed by atoms with van der Waals surface area (Å²) in [6, 6.07) is 9.76. The van der Waals surface area contributed by atoms with E-state index < -0.39 is 40.2 Å². The number of allylic oxidation sites excluding steroid dienone is 3. The average molecular weight is 413 g/mol. The third-order valence-corrected chi connectivity index (χ3v) is 5.08. The maximum Gasteiger partial charge on any atom is 0.252 e. The molecule has 0 fully saturated rings. The highest BCUT2D eigenvalue weighted by Crippen LogP contribution is 2.50. The van der Waals surface area contributed by atoms with Crippen LogP contribution in [0, 0.1) is 40.2 Å². The van der Waals surface area contributed by atoms with Crippen molar-refractivity contribution >= 4 is 16.9 Å². The van der Waals surface area contributed by atoms with Crippen LogP contribution < -0.4 is 0 Å². The fourth-order valence-electron chi connectivity index (χ4n) is 3.88. The highest BCUT2D eigenvalue weighted by atomic mass is 19.2. The molecule has 146 valence electrons.